The maximum absolute atomic E-state index is 12.5. The lowest BCUT2D eigenvalue weighted by molar-refractivity contribution is -0.119. The van der Waals surface area contributed by atoms with Crippen molar-refractivity contribution >= 4 is 29.2 Å². The molecule has 156 valence electrons. The van der Waals surface area contributed by atoms with Gasteiger partial charge in [0.15, 0.2) is 18.1 Å². The molecule has 0 spiro atoms. The second kappa shape index (κ2) is 9.00. The van der Waals surface area contributed by atoms with E-state index in [1.807, 2.05) is 0 Å². The molecular weight excluding hydrogens is 400 g/mol. The number of rotatable bonds is 6. The predicted molar refractivity (Wildman–Crippen MR) is 112 cm³/mol. The van der Waals surface area contributed by atoms with Gasteiger partial charge in [-0.05, 0) is 36.4 Å². The summed E-state index contributed by atoms with van der Waals surface area (Å²) in [7, 11) is 0. The highest BCUT2D eigenvalue weighted by Gasteiger charge is 2.18. The predicted octanol–water partition coefficient (Wildman–Crippen LogP) is 3.46. The van der Waals surface area contributed by atoms with E-state index in [-0.39, 0.29) is 24.0 Å². The Labute approximate surface area is 177 Å². The smallest absolute Gasteiger partial charge is 0.340 e. The van der Waals surface area contributed by atoms with E-state index in [0.29, 0.717) is 22.7 Å². The molecular formula is C23H18N2O6. The van der Waals surface area contributed by atoms with E-state index in [0.717, 1.165) is 0 Å². The monoisotopic (exact) mass is 418 g/mol. The summed E-state index contributed by atoms with van der Waals surface area (Å²) in [6.45, 7) is -0.362. The number of ether oxygens (including phenoxy) is 3. The summed E-state index contributed by atoms with van der Waals surface area (Å²) in [4.78, 5) is 37.1. The molecule has 2 N–H and O–H groups in total. The molecule has 3 aromatic carbocycles. The normalized spacial score (nSPS) is 11.5. The Bertz CT molecular complexity index is 1130. The van der Waals surface area contributed by atoms with Crippen molar-refractivity contribution in [1.29, 1.82) is 0 Å². The van der Waals surface area contributed by atoms with Gasteiger partial charge in [0.1, 0.15) is 0 Å². The first kappa shape index (κ1) is 20.0. The molecule has 1 aliphatic rings. The van der Waals surface area contributed by atoms with Crippen molar-refractivity contribution < 1.29 is 28.6 Å². The van der Waals surface area contributed by atoms with Crippen molar-refractivity contribution in [2.45, 2.75) is 0 Å². The number of fused-ring (bicyclic) bond motifs is 1. The topological polar surface area (TPSA) is 103 Å². The maximum atomic E-state index is 12.5. The second-order valence-corrected chi connectivity index (χ2v) is 6.56. The van der Waals surface area contributed by atoms with Gasteiger partial charge in [0.25, 0.3) is 11.8 Å². The first-order valence-electron chi connectivity index (χ1n) is 9.42. The second-order valence-electron chi connectivity index (χ2n) is 6.56. The van der Waals surface area contributed by atoms with Crippen LogP contribution >= 0.6 is 0 Å². The summed E-state index contributed by atoms with van der Waals surface area (Å²) in [6.07, 6.45) is 0. The highest BCUT2D eigenvalue weighted by molar-refractivity contribution is 6.08. The van der Waals surface area contributed by atoms with E-state index < -0.39 is 18.5 Å². The number of anilines is 2. The fourth-order valence-corrected chi connectivity index (χ4v) is 2.93. The lowest BCUT2D eigenvalue weighted by Crippen LogP contribution is -2.22. The molecule has 1 heterocycles. The third-order valence-corrected chi connectivity index (χ3v) is 4.42. The van der Waals surface area contributed by atoms with Gasteiger partial charge in [0, 0.05) is 17.3 Å². The van der Waals surface area contributed by atoms with Crippen LogP contribution in [0.5, 0.6) is 11.5 Å². The first-order chi connectivity index (χ1) is 15.1. The third-order valence-electron chi connectivity index (χ3n) is 4.42. The van der Waals surface area contributed by atoms with Gasteiger partial charge in [-0.15, -0.1) is 0 Å². The fourth-order valence-electron chi connectivity index (χ4n) is 2.93. The standard InChI is InChI=1S/C23H18N2O6/c26-21(24-16-10-11-19-20(12-16)31-14-30-19)13-29-23(28)17-8-4-5-9-18(17)25-22(27)15-6-2-1-3-7-15/h1-12H,13-14H2,(H,24,26)(H,25,27). The van der Waals surface area contributed by atoms with Gasteiger partial charge in [-0.3, -0.25) is 9.59 Å². The highest BCUT2D eigenvalue weighted by Crippen LogP contribution is 2.34. The number of esters is 1. The number of para-hydroxylation sites is 1. The zero-order chi connectivity index (χ0) is 21.6. The number of hydrogen-bond acceptors (Lipinski definition) is 6. The molecule has 0 aromatic heterocycles. The van der Waals surface area contributed by atoms with E-state index in [4.69, 9.17) is 14.2 Å². The Morgan fingerprint density at radius 2 is 1.58 bits per heavy atom. The SMILES string of the molecule is O=C(COC(=O)c1ccccc1NC(=O)c1ccccc1)Nc1ccc2c(c1)OCO2. The van der Waals surface area contributed by atoms with Gasteiger partial charge in [0.2, 0.25) is 6.79 Å². The summed E-state index contributed by atoms with van der Waals surface area (Å²) in [5.41, 5.74) is 1.37. The lowest BCUT2D eigenvalue weighted by Gasteiger charge is -2.11. The Morgan fingerprint density at radius 1 is 0.839 bits per heavy atom. The minimum Gasteiger partial charge on any atom is -0.454 e. The van der Waals surface area contributed by atoms with Crippen LogP contribution in [0.4, 0.5) is 11.4 Å². The summed E-state index contributed by atoms with van der Waals surface area (Å²) in [6, 6.07) is 20.0. The van der Waals surface area contributed by atoms with Crippen molar-refractivity contribution in [1.82, 2.24) is 0 Å². The van der Waals surface area contributed by atoms with Gasteiger partial charge < -0.3 is 24.8 Å². The average Bonchev–Trinajstić information content (AvgIpc) is 3.26. The van der Waals surface area contributed by atoms with Gasteiger partial charge in [-0.2, -0.15) is 0 Å². The zero-order valence-corrected chi connectivity index (χ0v) is 16.3. The van der Waals surface area contributed by atoms with E-state index in [2.05, 4.69) is 10.6 Å². The Hall–Kier alpha value is -4.33. The molecule has 8 heteroatoms. The minimum atomic E-state index is -0.732. The summed E-state index contributed by atoms with van der Waals surface area (Å²) in [5.74, 6) is -0.485. The van der Waals surface area contributed by atoms with E-state index >= 15 is 0 Å². The van der Waals surface area contributed by atoms with Gasteiger partial charge in [0.05, 0.1) is 11.3 Å². The minimum absolute atomic E-state index is 0.130. The molecule has 0 bridgehead atoms. The first-order valence-corrected chi connectivity index (χ1v) is 9.42. The molecule has 2 amide bonds. The third kappa shape index (κ3) is 4.81. The summed E-state index contributed by atoms with van der Waals surface area (Å²) in [5, 5.41) is 5.32. The Morgan fingerprint density at radius 3 is 2.42 bits per heavy atom. The molecule has 0 saturated heterocycles. The lowest BCUT2D eigenvalue weighted by atomic mass is 10.1. The zero-order valence-electron chi connectivity index (χ0n) is 16.3. The molecule has 0 unspecified atom stereocenters. The molecule has 8 nitrogen and oxygen atoms in total. The van der Waals surface area contributed by atoms with Crippen molar-refractivity contribution in [3.63, 3.8) is 0 Å². The number of nitrogens with one attached hydrogen (secondary N) is 2. The van der Waals surface area contributed by atoms with Crippen LogP contribution < -0.4 is 20.1 Å². The largest absolute Gasteiger partial charge is 0.454 e. The van der Waals surface area contributed by atoms with E-state index in [9.17, 15) is 14.4 Å². The van der Waals surface area contributed by atoms with Crippen molar-refractivity contribution in [3.05, 3.63) is 83.9 Å². The number of hydrogen-bond donors (Lipinski definition) is 2. The van der Waals surface area contributed by atoms with Crippen LogP contribution in [-0.4, -0.2) is 31.2 Å². The Kier molecular flexibility index (Phi) is 5.79. The van der Waals surface area contributed by atoms with Gasteiger partial charge >= 0.3 is 5.97 Å². The van der Waals surface area contributed by atoms with Crippen molar-refractivity contribution in [2.24, 2.45) is 0 Å². The fraction of sp³-hybridized carbons (Fsp3) is 0.0870. The Balaban J connectivity index is 1.36. The number of carbonyl (C=O) groups excluding carboxylic acids is 3. The van der Waals surface area contributed by atoms with Crippen LogP contribution in [-0.2, 0) is 9.53 Å². The molecule has 0 saturated carbocycles. The van der Waals surface area contributed by atoms with Crippen LogP contribution in [0.25, 0.3) is 0 Å². The van der Waals surface area contributed by atoms with Gasteiger partial charge in [-0.25, -0.2) is 4.79 Å². The summed E-state index contributed by atoms with van der Waals surface area (Å²) < 4.78 is 15.6. The summed E-state index contributed by atoms with van der Waals surface area (Å²) >= 11 is 0. The van der Waals surface area contributed by atoms with Crippen molar-refractivity contribution in [3.8, 4) is 11.5 Å². The van der Waals surface area contributed by atoms with Crippen LogP contribution in [0.2, 0.25) is 0 Å². The molecule has 1 aliphatic heterocycles. The maximum Gasteiger partial charge on any atom is 0.340 e. The quantitative estimate of drug-likeness (QED) is 0.595. The van der Waals surface area contributed by atoms with E-state index in [1.165, 1.54) is 6.07 Å². The number of amides is 2. The molecule has 0 aliphatic carbocycles. The molecule has 0 fully saturated rings. The van der Waals surface area contributed by atoms with Crippen LogP contribution in [0.1, 0.15) is 20.7 Å². The number of benzene rings is 3. The molecule has 3 aromatic rings. The van der Waals surface area contributed by atoms with E-state index in [1.54, 1.807) is 66.7 Å². The molecule has 31 heavy (non-hydrogen) atoms. The van der Waals surface area contributed by atoms with Crippen LogP contribution in [0, 0.1) is 0 Å². The number of carbonyl (C=O) groups is 3. The molecule has 0 atom stereocenters. The van der Waals surface area contributed by atoms with Crippen LogP contribution in [0.15, 0.2) is 72.8 Å². The molecule has 0 radical (unpaired) electrons. The average molecular weight is 418 g/mol. The molecule has 4 rings (SSSR count). The van der Waals surface area contributed by atoms with Crippen LogP contribution in [0.3, 0.4) is 0 Å². The highest BCUT2D eigenvalue weighted by atomic mass is 16.7. The van der Waals surface area contributed by atoms with Crippen molar-refractivity contribution in [2.75, 3.05) is 24.0 Å². The van der Waals surface area contributed by atoms with Gasteiger partial charge in [-0.1, -0.05) is 30.3 Å².